The monoisotopic (exact) mass is 600 g/mol. The van der Waals surface area contributed by atoms with Gasteiger partial charge in [-0.25, -0.2) is 0 Å². The summed E-state index contributed by atoms with van der Waals surface area (Å²) in [6.07, 6.45) is -4.83. The van der Waals surface area contributed by atoms with Gasteiger partial charge in [-0.3, -0.25) is 19.5 Å². The molecule has 0 amide bonds. The molecule has 3 aliphatic rings. The molecule has 1 aromatic heterocycles. The summed E-state index contributed by atoms with van der Waals surface area (Å²) in [6.45, 7) is 5.52. The van der Waals surface area contributed by atoms with E-state index in [1.54, 1.807) is 6.20 Å². The van der Waals surface area contributed by atoms with Crippen molar-refractivity contribution in [2.75, 3.05) is 23.7 Å². The first-order valence-corrected chi connectivity index (χ1v) is 13.7. The van der Waals surface area contributed by atoms with Crippen LogP contribution in [0.3, 0.4) is 0 Å². The van der Waals surface area contributed by atoms with Gasteiger partial charge in [0, 0.05) is 29.9 Å². The van der Waals surface area contributed by atoms with Crippen LogP contribution in [0.1, 0.15) is 35.6 Å². The highest BCUT2D eigenvalue weighted by Gasteiger charge is 2.44. The molecule has 0 aliphatic carbocycles. The Balaban J connectivity index is 1.41. The highest BCUT2D eigenvalue weighted by Crippen LogP contribution is 2.44. The number of piperidine rings is 3. The zero-order valence-electron chi connectivity index (χ0n) is 22.6. The lowest BCUT2D eigenvalue weighted by atomic mass is 9.73. The summed E-state index contributed by atoms with van der Waals surface area (Å²) in [5.74, 6) is 0.646. The average Bonchev–Trinajstić information content (AvgIpc) is 2.99. The fraction of sp³-hybridized carbons (Fsp3) is 0.323. The van der Waals surface area contributed by atoms with E-state index in [1.807, 2.05) is 36.4 Å². The van der Waals surface area contributed by atoms with Crippen molar-refractivity contribution in [1.29, 1.82) is 0 Å². The number of nitrogens with zero attached hydrogens (tertiary/aromatic N) is 2. The third-order valence-corrected chi connectivity index (χ3v) is 8.62. The van der Waals surface area contributed by atoms with Gasteiger partial charge in [0.05, 0.1) is 22.7 Å². The molecule has 2 bridgehead atoms. The van der Waals surface area contributed by atoms with Crippen LogP contribution in [0.25, 0.3) is 10.9 Å². The molecule has 7 rings (SSSR count). The Morgan fingerprint density at radius 1 is 0.953 bits per heavy atom. The van der Waals surface area contributed by atoms with Crippen molar-refractivity contribution in [2.24, 2.45) is 11.8 Å². The first-order chi connectivity index (χ1) is 20.3. The summed E-state index contributed by atoms with van der Waals surface area (Å²) in [4.78, 5) is 32.3. The van der Waals surface area contributed by atoms with Crippen LogP contribution in [-0.4, -0.2) is 29.0 Å². The quantitative estimate of drug-likeness (QED) is 0.140. The molecule has 3 aliphatic heterocycles. The van der Waals surface area contributed by atoms with Gasteiger partial charge in [-0.15, -0.1) is 6.58 Å². The molecule has 43 heavy (non-hydrogen) atoms. The van der Waals surface area contributed by atoms with E-state index >= 15 is 0 Å². The maximum atomic E-state index is 13.4. The van der Waals surface area contributed by atoms with Crippen LogP contribution in [0.2, 0.25) is 0 Å². The largest absolute Gasteiger partial charge is 0.416 e. The van der Waals surface area contributed by atoms with Gasteiger partial charge in [-0.1, -0.05) is 24.3 Å². The average molecular weight is 601 g/mol. The maximum absolute atomic E-state index is 13.4. The Morgan fingerprint density at radius 3 is 2.26 bits per heavy atom. The SMILES string of the molecule is C=CC1CN2CCC1C[C@H]2[C@@H](Nc1c(Nc2cc(C(F)(F)F)cc(C(F)(F)F)c2)c(=O)c1=O)c1ccnc2ccccc12. The minimum absolute atomic E-state index is 0.000122. The molecule has 3 saturated heterocycles. The van der Waals surface area contributed by atoms with Crippen molar-refractivity contribution < 1.29 is 26.3 Å². The molecule has 6 nitrogen and oxygen atoms in total. The first kappa shape index (κ1) is 28.9. The second-order valence-electron chi connectivity index (χ2n) is 11.1. The van der Waals surface area contributed by atoms with Crippen molar-refractivity contribution in [2.45, 2.75) is 37.3 Å². The first-order valence-electron chi connectivity index (χ1n) is 13.7. The van der Waals surface area contributed by atoms with Gasteiger partial charge in [0.25, 0.3) is 10.9 Å². The molecular weight excluding hydrogens is 574 g/mol. The van der Waals surface area contributed by atoms with E-state index in [9.17, 15) is 35.9 Å². The van der Waals surface area contributed by atoms with Crippen LogP contribution in [-0.2, 0) is 12.4 Å². The van der Waals surface area contributed by atoms with E-state index in [0.717, 1.165) is 36.9 Å². The number of pyridine rings is 1. The standard InChI is InChI=1S/C31H26F6N4O2/c1-2-16-15-41-10-8-17(16)11-24(41)25(22-7-9-38-23-6-4-3-5-21(22)23)40-27-26(28(42)29(27)43)39-20-13-18(30(32,33)34)12-19(14-20)31(35,36)37/h2-7,9,12-14,16-17,24-25,39-40H,1,8,10-11,15H2/t16?,17?,24-,25-/m0/s1. The molecule has 3 aromatic carbocycles. The topological polar surface area (TPSA) is 74.3 Å². The number of anilines is 3. The summed E-state index contributed by atoms with van der Waals surface area (Å²) in [6, 6.07) is 9.52. The maximum Gasteiger partial charge on any atom is 0.416 e. The van der Waals surface area contributed by atoms with Gasteiger partial charge < -0.3 is 10.6 Å². The molecule has 224 valence electrons. The van der Waals surface area contributed by atoms with E-state index in [2.05, 4.69) is 27.1 Å². The Morgan fingerprint density at radius 2 is 1.63 bits per heavy atom. The van der Waals surface area contributed by atoms with E-state index in [-0.39, 0.29) is 23.5 Å². The minimum atomic E-state index is -5.07. The summed E-state index contributed by atoms with van der Waals surface area (Å²) >= 11 is 0. The van der Waals surface area contributed by atoms with Crippen LogP contribution in [0.4, 0.5) is 43.4 Å². The molecule has 2 N–H and O–H groups in total. The molecule has 3 unspecified atom stereocenters. The smallest absolute Gasteiger partial charge is 0.372 e. The fourth-order valence-electron chi connectivity index (χ4n) is 6.47. The lowest BCUT2D eigenvalue weighted by Gasteiger charge is -2.52. The number of aromatic nitrogens is 1. The Kier molecular flexibility index (Phi) is 7.07. The summed E-state index contributed by atoms with van der Waals surface area (Å²) in [5, 5.41) is 6.40. The highest BCUT2D eigenvalue weighted by atomic mass is 19.4. The van der Waals surface area contributed by atoms with E-state index in [4.69, 9.17) is 0 Å². The number of para-hydroxylation sites is 1. The summed E-state index contributed by atoms with van der Waals surface area (Å²) in [5.41, 5.74) is -4.71. The molecule has 3 fully saturated rings. The van der Waals surface area contributed by atoms with Crippen molar-refractivity contribution in [3.8, 4) is 0 Å². The second kappa shape index (κ2) is 10.5. The summed E-state index contributed by atoms with van der Waals surface area (Å²) < 4.78 is 80.7. The van der Waals surface area contributed by atoms with Crippen molar-refractivity contribution in [3.05, 3.63) is 105 Å². The van der Waals surface area contributed by atoms with Gasteiger partial charge in [0.1, 0.15) is 11.4 Å². The number of rotatable bonds is 7. The van der Waals surface area contributed by atoms with Gasteiger partial charge >= 0.3 is 12.4 Å². The van der Waals surface area contributed by atoms with Crippen LogP contribution in [0, 0.1) is 11.8 Å². The van der Waals surface area contributed by atoms with Crippen molar-refractivity contribution in [1.82, 2.24) is 9.88 Å². The third kappa shape index (κ3) is 5.28. The van der Waals surface area contributed by atoms with E-state index in [0.29, 0.717) is 29.5 Å². The predicted octanol–water partition coefficient (Wildman–Crippen LogP) is 6.66. The second-order valence-corrected chi connectivity index (χ2v) is 11.1. The highest BCUT2D eigenvalue weighted by molar-refractivity contribution is 5.84. The number of nitrogens with one attached hydrogen (secondary N) is 2. The number of fused-ring (bicyclic) bond motifs is 4. The Hall–Kier alpha value is -4.19. The Bertz CT molecular complexity index is 1740. The molecule has 12 heteroatoms. The number of alkyl halides is 6. The van der Waals surface area contributed by atoms with E-state index < -0.39 is 46.1 Å². The number of hydrogen-bond donors (Lipinski definition) is 2. The van der Waals surface area contributed by atoms with Gasteiger partial charge in [0.2, 0.25) is 0 Å². The van der Waals surface area contributed by atoms with Crippen molar-refractivity contribution >= 4 is 28.0 Å². The molecule has 4 heterocycles. The molecule has 5 atom stereocenters. The van der Waals surface area contributed by atoms with E-state index in [1.165, 1.54) is 0 Å². The predicted molar refractivity (Wildman–Crippen MR) is 151 cm³/mol. The lowest BCUT2D eigenvalue weighted by molar-refractivity contribution is -0.143. The molecule has 0 radical (unpaired) electrons. The number of benzene rings is 2. The Labute approximate surface area is 241 Å². The zero-order chi connectivity index (χ0) is 30.7. The summed E-state index contributed by atoms with van der Waals surface area (Å²) in [7, 11) is 0. The lowest BCUT2D eigenvalue weighted by Crippen LogP contribution is -2.56. The fourth-order valence-corrected chi connectivity index (χ4v) is 6.47. The number of hydrogen-bond acceptors (Lipinski definition) is 6. The van der Waals surface area contributed by atoms with Gasteiger partial charge in [0.15, 0.2) is 0 Å². The normalized spacial score (nSPS) is 22.9. The van der Waals surface area contributed by atoms with Crippen LogP contribution in [0.15, 0.2) is 77.0 Å². The molecule has 0 saturated carbocycles. The zero-order valence-corrected chi connectivity index (χ0v) is 22.6. The minimum Gasteiger partial charge on any atom is -0.372 e. The number of halogens is 6. The molecule has 0 spiro atoms. The van der Waals surface area contributed by atoms with Crippen LogP contribution >= 0.6 is 0 Å². The third-order valence-electron chi connectivity index (χ3n) is 8.62. The van der Waals surface area contributed by atoms with Crippen LogP contribution in [0.5, 0.6) is 0 Å². The van der Waals surface area contributed by atoms with Crippen molar-refractivity contribution in [3.63, 3.8) is 0 Å². The molecule has 4 aromatic rings. The van der Waals surface area contributed by atoms with Crippen LogP contribution < -0.4 is 21.5 Å². The molecular formula is C31H26F6N4O2. The van der Waals surface area contributed by atoms with Gasteiger partial charge in [-0.05, 0) is 67.1 Å². The van der Waals surface area contributed by atoms with Gasteiger partial charge in [-0.2, -0.15) is 26.3 Å².